The number of ether oxygens (including phenoxy) is 1. The van der Waals surface area contributed by atoms with Crippen molar-refractivity contribution in [2.75, 3.05) is 6.61 Å². The van der Waals surface area contributed by atoms with E-state index in [1.165, 1.54) is 12.8 Å². The first-order valence-corrected chi connectivity index (χ1v) is 6.71. The van der Waals surface area contributed by atoms with E-state index in [2.05, 4.69) is 20.8 Å². The Hall–Kier alpha value is -0.570. The molecule has 3 nitrogen and oxygen atoms in total. The zero-order valence-electron chi connectivity index (χ0n) is 11.2. The van der Waals surface area contributed by atoms with Crippen LogP contribution in [0, 0.1) is 16.7 Å². The molecule has 0 heterocycles. The van der Waals surface area contributed by atoms with Crippen LogP contribution in [-0.2, 0) is 9.53 Å². The summed E-state index contributed by atoms with van der Waals surface area (Å²) < 4.78 is 5.96. The lowest BCUT2D eigenvalue weighted by Crippen LogP contribution is -2.37. The van der Waals surface area contributed by atoms with Crippen LogP contribution in [-0.4, -0.2) is 23.8 Å². The quantitative estimate of drug-likeness (QED) is 0.751. The highest BCUT2D eigenvalue weighted by atomic mass is 16.5. The molecule has 3 atom stereocenters. The minimum Gasteiger partial charge on any atom is -0.481 e. The standard InChI is InChI=1S/C14H24O3/c1-13(2)10-6-7-14(13,3)11(9-10)17-8-4-5-12(15)16/h10-11H,4-9H2,1-3H3,(H,15,16). The molecule has 2 aliphatic carbocycles. The van der Waals surface area contributed by atoms with Gasteiger partial charge < -0.3 is 9.84 Å². The number of fused-ring (bicyclic) bond motifs is 2. The fourth-order valence-corrected chi connectivity index (χ4v) is 3.83. The Kier molecular flexibility index (Phi) is 3.23. The summed E-state index contributed by atoms with van der Waals surface area (Å²) in [6.45, 7) is 7.67. The van der Waals surface area contributed by atoms with Crippen molar-refractivity contribution < 1.29 is 14.6 Å². The first kappa shape index (κ1) is 12.9. The SMILES string of the molecule is CC1(C)C2CCC1(C)C(OCCCC(=O)O)C2. The summed E-state index contributed by atoms with van der Waals surface area (Å²) in [6.07, 6.45) is 4.94. The molecule has 98 valence electrons. The highest BCUT2D eigenvalue weighted by Crippen LogP contribution is 2.66. The van der Waals surface area contributed by atoms with E-state index in [1.54, 1.807) is 0 Å². The molecule has 0 aromatic carbocycles. The number of hydrogen-bond acceptors (Lipinski definition) is 2. The molecule has 0 spiro atoms. The first-order valence-electron chi connectivity index (χ1n) is 6.71. The van der Waals surface area contributed by atoms with Crippen LogP contribution in [0.4, 0.5) is 0 Å². The highest BCUT2D eigenvalue weighted by molar-refractivity contribution is 5.66. The van der Waals surface area contributed by atoms with Crippen LogP contribution in [0.1, 0.15) is 52.9 Å². The first-order chi connectivity index (χ1) is 7.88. The predicted octanol–water partition coefficient (Wildman–Crippen LogP) is 3.08. The molecule has 0 aliphatic heterocycles. The third kappa shape index (κ3) is 1.99. The van der Waals surface area contributed by atoms with Crippen LogP contribution >= 0.6 is 0 Å². The molecular formula is C14H24O3. The van der Waals surface area contributed by atoms with Crippen molar-refractivity contribution in [3.63, 3.8) is 0 Å². The number of hydrogen-bond donors (Lipinski definition) is 1. The zero-order chi connectivity index (χ0) is 12.7. The summed E-state index contributed by atoms with van der Waals surface area (Å²) in [5, 5.41) is 8.59. The number of rotatable bonds is 5. The van der Waals surface area contributed by atoms with E-state index in [0.29, 0.717) is 30.0 Å². The van der Waals surface area contributed by atoms with Crippen LogP contribution in [0.2, 0.25) is 0 Å². The average molecular weight is 240 g/mol. The molecule has 0 aromatic rings. The summed E-state index contributed by atoms with van der Waals surface area (Å²) in [5.41, 5.74) is 0.672. The minimum atomic E-state index is -0.729. The molecule has 2 rings (SSSR count). The maximum Gasteiger partial charge on any atom is 0.303 e. The summed E-state index contributed by atoms with van der Waals surface area (Å²) >= 11 is 0. The number of carbonyl (C=O) groups is 1. The fraction of sp³-hybridized carbons (Fsp3) is 0.929. The number of carboxylic acid groups (broad SMARTS) is 1. The normalized spacial score (nSPS) is 38.5. The smallest absolute Gasteiger partial charge is 0.303 e. The van der Waals surface area contributed by atoms with Crippen molar-refractivity contribution in [2.45, 2.75) is 59.0 Å². The summed E-state index contributed by atoms with van der Waals surface area (Å²) in [4.78, 5) is 10.4. The van der Waals surface area contributed by atoms with Crippen molar-refractivity contribution in [3.05, 3.63) is 0 Å². The third-order valence-electron chi connectivity index (χ3n) is 5.57. The molecule has 0 amide bonds. The van der Waals surface area contributed by atoms with Gasteiger partial charge in [-0.3, -0.25) is 4.79 Å². The Balaban J connectivity index is 1.86. The molecule has 0 saturated heterocycles. The van der Waals surface area contributed by atoms with Crippen LogP contribution < -0.4 is 0 Å². The van der Waals surface area contributed by atoms with Gasteiger partial charge in [0.2, 0.25) is 0 Å². The molecule has 17 heavy (non-hydrogen) atoms. The van der Waals surface area contributed by atoms with Gasteiger partial charge >= 0.3 is 5.97 Å². The molecule has 2 bridgehead atoms. The Labute approximate surface area is 104 Å². The van der Waals surface area contributed by atoms with Crippen molar-refractivity contribution >= 4 is 5.97 Å². The molecule has 0 aromatic heterocycles. The van der Waals surface area contributed by atoms with Crippen LogP contribution in [0.5, 0.6) is 0 Å². The summed E-state index contributed by atoms with van der Waals surface area (Å²) in [7, 11) is 0. The monoisotopic (exact) mass is 240 g/mol. The largest absolute Gasteiger partial charge is 0.481 e. The van der Waals surface area contributed by atoms with Crippen molar-refractivity contribution in [1.29, 1.82) is 0 Å². The Morgan fingerprint density at radius 1 is 1.41 bits per heavy atom. The Morgan fingerprint density at radius 3 is 2.59 bits per heavy atom. The molecule has 3 heteroatoms. The molecule has 2 aliphatic rings. The van der Waals surface area contributed by atoms with Crippen LogP contribution in [0.15, 0.2) is 0 Å². The second-order valence-corrected chi connectivity index (χ2v) is 6.47. The van der Waals surface area contributed by atoms with E-state index in [0.717, 1.165) is 12.3 Å². The van der Waals surface area contributed by atoms with Gasteiger partial charge in [0.15, 0.2) is 0 Å². The Bertz CT molecular complexity index is 311. The minimum absolute atomic E-state index is 0.219. The predicted molar refractivity (Wildman–Crippen MR) is 65.8 cm³/mol. The second kappa shape index (κ2) is 4.27. The third-order valence-corrected chi connectivity index (χ3v) is 5.57. The average Bonchev–Trinajstić information content (AvgIpc) is 2.56. The van der Waals surface area contributed by atoms with E-state index in [9.17, 15) is 4.79 Å². The lowest BCUT2D eigenvalue weighted by atomic mass is 9.70. The van der Waals surface area contributed by atoms with Crippen LogP contribution in [0.25, 0.3) is 0 Å². The van der Waals surface area contributed by atoms with Gasteiger partial charge in [0.05, 0.1) is 6.10 Å². The lowest BCUT2D eigenvalue weighted by Gasteiger charge is -2.38. The fourth-order valence-electron chi connectivity index (χ4n) is 3.83. The maximum atomic E-state index is 10.4. The van der Waals surface area contributed by atoms with E-state index >= 15 is 0 Å². The number of aliphatic carboxylic acids is 1. The van der Waals surface area contributed by atoms with E-state index in [4.69, 9.17) is 9.84 Å². The van der Waals surface area contributed by atoms with Gasteiger partial charge in [-0.2, -0.15) is 0 Å². The highest BCUT2D eigenvalue weighted by Gasteiger charge is 2.61. The van der Waals surface area contributed by atoms with Crippen molar-refractivity contribution in [3.8, 4) is 0 Å². The topological polar surface area (TPSA) is 46.5 Å². The van der Waals surface area contributed by atoms with E-state index < -0.39 is 5.97 Å². The van der Waals surface area contributed by atoms with Gasteiger partial charge in [0.25, 0.3) is 0 Å². The Morgan fingerprint density at radius 2 is 2.12 bits per heavy atom. The van der Waals surface area contributed by atoms with E-state index in [-0.39, 0.29) is 6.42 Å². The van der Waals surface area contributed by atoms with Crippen LogP contribution in [0.3, 0.4) is 0 Å². The second-order valence-electron chi connectivity index (χ2n) is 6.47. The maximum absolute atomic E-state index is 10.4. The van der Waals surface area contributed by atoms with Gasteiger partial charge in [-0.1, -0.05) is 20.8 Å². The van der Waals surface area contributed by atoms with Gasteiger partial charge in [-0.15, -0.1) is 0 Å². The van der Waals surface area contributed by atoms with Crippen molar-refractivity contribution in [1.82, 2.24) is 0 Å². The molecule has 2 saturated carbocycles. The number of carboxylic acids is 1. The van der Waals surface area contributed by atoms with Gasteiger partial charge in [-0.25, -0.2) is 0 Å². The molecule has 3 unspecified atom stereocenters. The summed E-state index contributed by atoms with van der Waals surface area (Å²) in [5.74, 6) is 0.0602. The summed E-state index contributed by atoms with van der Waals surface area (Å²) in [6, 6.07) is 0. The van der Waals surface area contributed by atoms with Gasteiger partial charge in [0, 0.05) is 13.0 Å². The molecule has 1 N–H and O–H groups in total. The van der Waals surface area contributed by atoms with E-state index in [1.807, 2.05) is 0 Å². The molecule has 2 fully saturated rings. The zero-order valence-corrected chi connectivity index (χ0v) is 11.2. The van der Waals surface area contributed by atoms with Crippen molar-refractivity contribution in [2.24, 2.45) is 16.7 Å². The lowest BCUT2D eigenvalue weighted by molar-refractivity contribution is -0.137. The van der Waals surface area contributed by atoms with Gasteiger partial charge in [0.1, 0.15) is 0 Å². The molecular weight excluding hydrogens is 216 g/mol. The molecule has 0 radical (unpaired) electrons. The van der Waals surface area contributed by atoms with Gasteiger partial charge in [-0.05, 0) is 42.4 Å².